The van der Waals surface area contributed by atoms with Crippen molar-refractivity contribution in [2.75, 3.05) is 6.61 Å². The molecule has 32 heavy (non-hydrogen) atoms. The number of allylic oxidation sites excluding steroid dienone is 1. The number of hydrogen-bond donors (Lipinski definition) is 1. The van der Waals surface area contributed by atoms with E-state index in [0.717, 1.165) is 17.7 Å². The third kappa shape index (κ3) is 5.18. The van der Waals surface area contributed by atoms with Gasteiger partial charge in [-0.1, -0.05) is 18.2 Å². The molecule has 6 nitrogen and oxygen atoms in total. The second-order valence-corrected chi connectivity index (χ2v) is 8.65. The first-order valence-corrected chi connectivity index (χ1v) is 11.3. The molecule has 2 heterocycles. The van der Waals surface area contributed by atoms with E-state index in [4.69, 9.17) is 4.74 Å². The standard InChI is InChI=1S/C25H25N3O3S/c1-28-15-14-27-24(28)32-22-18-25(30,11-5-6-16-31-20-7-3-2-4-8-20)21(23(22)29)17-19-9-12-26-13-10-19/h2-4,7-10,12-15,17-18,30H,5-6,11,16H2,1H3/b21-17-. The van der Waals surface area contributed by atoms with Gasteiger partial charge in [-0.05, 0) is 73.0 Å². The molecule has 0 amide bonds. The number of carbonyl (C=O) groups is 1. The Bertz CT molecular complexity index is 1130. The summed E-state index contributed by atoms with van der Waals surface area (Å²) < 4.78 is 7.60. The van der Waals surface area contributed by atoms with Crippen LogP contribution in [-0.2, 0) is 11.8 Å². The number of aliphatic hydroxyl groups is 1. The van der Waals surface area contributed by atoms with Crippen molar-refractivity contribution in [1.29, 1.82) is 0 Å². The highest BCUT2D eigenvalue weighted by atomic mass is 32.2. The smallest absolute Gasteiger partial charge is 0.198 e. The number of carbonyl (C=O) groups excluding carboxylic acids is 1. The van der Waals surface area contributed by atoms with Crippen LogP contribution < -0.4 is 4.74 Å². The monoisotopic (exact) mass is 447 g/mol. The van der Waals surface area contributed by atoms with Gasteiger partial charge in [0.15, 0.2) is 10.9 Å². The summed E-state index contributed by atoms with van der Waals surface area (Å²) in [5.74, 6) is 0.659. The number of ketones is 1. The molecule has 1 aliphatic carbocycles. The van der Waals surface area contributed by atoms with Gasteiger partial charge in [-0.25, -0.2) is 4.98 Å². The van der Waals surface area contributed by atoms with Gasteiger partial charge in [0.2, 0.25) is 0 Å². The van der Waals surface area contributed by atoms with Gasteiger partial charge in [0.05, 0.1) is 11.5 Å². The molecule has 1 unspecified atom stereocenters. The minimum absolute atomic E-state index is 0.169. The Balaban J connectivity index is 1.48. The van der Waals surface area contributed by atoms with Crippen LogP contribution in [0.15, 0.2) is 89.0 Å². The van der Waals surface area contributed by atoms with Crippen molar-refractivity contribution in [3.63, 3.8) is 0 Å². The van der Waals surface area contributed by atoms with Gasteiger partial charge in [-0.15, -0.1) is 0 Å². The third-order valence-corrected chi connectivity index (χ3v) is 6.36. The SMILES string of the molecule is Cn1ccnc1SC1=CC(O)(CCCCOc2ccccc2)/C(=C\c2ccncc2)C1=O. The fourth-order valence-corrected chi connectivity index (χ4v) is 4.51. The molecule has 4 rings (SSSR count). The van der Waals surface area contributed by atoms with Crippen molar-refractivity contribution in [1.82, 2.24) is 14.5 Å². The fourth-order valence-electron chi connectivity index (χ4n) is 3.54. The number of unbranched alkanes of at least 4 members (excludes halogenated alkanes) is 1. The zero-order chi connectivity index (χ0) is 22.4. The summed E-state index contributed by atoms with van der Waals surface area (Å²) in [6.45, 7) is 0.552. The summed E-state index contributed by atoms with van der Waals surface area (Å²) in [6, 6.07) is 13.3. The van der Waals surface area contributed by atoms with E-state index >= 15 is 0 Å². The number of imidazole rings is 1. The summed E-state index contributed by atoms with van der Waals surface area (Å²) >= 11 is 1.28. The molecule has 1 atom stereocenters. The molecule has 0 radical (unpaired) electrons. The number of rotatable bonds is 9. The summed E-state index contributed by atoms with van der Waals surface area (Å²) in [4.78, 5) is 22.0. The lowest BCUT2D eigenvalue weighted by Gasteiger charge is -2.22. The summed E-state index contributed by atoms with van der Waals surface area (Å²) in [5, 5.41) is 12.2. The van der Waals surface area contributed by atoms with E-state index in [1.165, 1.54) is 11.8 Å². The van der Waals surface area contributed by atoms with Gasteiger partial charge >= 0.3 is 0 Å². The zero-order valence-electron chi connectivity index (χ0n) is 17.8. The molecule has 0 fully saturated rings. The van der Waals surface area contributed by atoms with E-state index in [9.17, 15) is 9.90 Å². The van der Waals surface area contributed by atoms with E-state index in [1.54, 1.807) is 30.7 Å². The highest BCUT2D eigenvalue weighted by Gasteiger charge is 2.42. The number of ether oxygens (including phenoxy) is 1. The average Bonchev–Trinajstić information content (AvgIpc) is 3.31. The maximum absolute atomic E-state index is 13.2. The Morgan fingerprint density at radius 3 is 2.62 bits per heavy atom. The molecule has 1 N–H and O–H groups in total. The van der Waals surface area contributed by atoms with Crippen molar-refractivity contribution in [3.8, 4) is 5.75 Å². The van der Waals surface area contributed by atoms with Crippen molar-refractivity contribution in [3.05, 3.63) is 89.4 Å². The first kappa shape index (κ1) is 22.0. The summed E-state index contributed by atoms with van der Waals surface area (Å²) in [7, 11) is 1.88. The van der Waals surface area contributed by atoms with Crippen LogP contribution in [-0.4, -0.2) is 37.6 Å². The molecule has 0 saturated heterocycles. The van der Waals surface area contributed by atoms with Gasteiger partial charge in [0, 0.05) is 37.4 Å². The second-order valence-electron chi connectivity index (χ2n) is 7.64. The van der Waals surface area contributed by atoms with Crippen LogP contribution in [0.2, 0.25) is 0 Å². The van der Waals surface area contributed by atoms with Crippen molar-refractivity contribution < 1.29 is 14.6 Å². The molecule has 3 aromatic rings. The number of nitrogens with zero attached hydrogens (tertiary/aromatic N) is 3. The van der Waals surface area contributed by atoms with Gasteiger partial charge in [-0.3, -0.25) is 9.78 Å². The minimum Gasteiger partial charge on any atom is -0.494 e. The maximum Gasteiger partial charge on any atom is 0.198 e. The number of aromatic nitrogens is 3. The molecule has 0 spiro atoms. The first-order valence-electron chi connectivity index (χ1n) is 10.5. The molecule has 0 bridgehead atoms. The fraction of sp³-hybridized carbons (Fsp3) is 0.240. The molecule has 1 aliphatic rings. The molecule has 2 aromatic heterocycles. The number of thioether (sulfide) groups is 1. The molecular weight excluding hydrogens is 422 g/mol. The number of para-hydroxylation sites is 1. The van der Waals surface area contributed by atoms with Crippen LogP contribution in [0, 0.1) is 0 Å². The Morgan fingerprint density at radius 2 is 1.91 bits per heavy atom. The number of Topliss-reactive ketones (excluding diaryl/α,β-unsaturated/α-hetero) is 1. The van der Waals surface area contributed by atoms with Gasteiger partial charge < -0.3 is 14.4 Å². The van der Waals surface area contributed by atoms with Crippen LogP contribution in [0.25, 0.3) is 6.08 Å². The molecule has 0 saturated carbocycles. The van der Waals surface area contributed by atoms with E-state index in [-0.39, 0.29) is 5.78 Å². The Morgan fingerprint density at radius 1 is 1.12 bits per heavy atom. The maximum atomic E-state index is 13.2. The Hall–Kier alpha value is -3.16. The molecule has 164 valence electrons. The predicted molar refractivity (Wildman–Crippen MR) is 125 cm³/mol. The second kappa shape index (κ2) is 9.97. The lowest BCUT2D eigenvalue weighted by Crippen LogP contribution is -2.28. The van der Waals surface area contributed by atoms with Crippen molar-refractivity contribution in [2.24, 2.45) is 7.05 Å². The zero-order valence-corrected chi connectivity index (χ0v) is 18.7. The largest absolute Gasteiger partial charge is 0.494 e. The van der Waals surface area contributed by atoms with Crippen LogP contribution >= 0.6 is 11.8 Å². The molecule has 1 aromatic carbocycles. The topological polar surface area (TPSA) is 77.2 Å². The van der Waals surface area contributed by atoms with E-state index < -0.39 is 5.60 Å². The highest BCUT2D eigenvalue weighted by Crippen LogP contribution is 2.42. The van der Waals surface area contributed by atoms with Crippen molar-refractivity contribution in [2.45, 2.75) is 30.0 Å². The molecule has 7 heteroatoms. The molecular formula is C25H25N3O3S. The van der Waals surface area contributed by atoms with Crippen LogP contribution in [0.1, 0.15) is 24.8 Å². The lowest BCUT2D eigenvalue weighted by atomic mass is 9.89. The van der Waals surface area contributed by atoms with Crippen LogP contribution in [0.4, 0.5) is 0 Å². The highest BCUT2D eigenvalue weighted by molar-refractivity contribution is 8.03. The summed E-state index contributed by atoms with van der Waals surface area (Å²) in [6.07, 6.45) is 12.2. The average molecular weight is 448 g/mol. The van der Waals surface area contributed by atoms with Gasteiger partial charge in [-0.2, -0.15) is 0 Å². The molecule has 0 aliphatic heterocycles. The Labute approximate surface area is 191 Å². The van der Waals surface area contributed by atoms with E-state index in [0.29, 0.717) is 35.1 Å². The van der Waals surface area contributed by atoms with Gasteiger partial charge in [0.1, 0.15) is 11.4 Å². The Kier molecular flexibility index (Phi) is 6.87. The lowest BCUT2D eigenvalue weighted by molar-refractivity contribution is -0.112. The normalized spacial score (nSPS) is 19.4. The van der Waals surface area contributed by atoms with E-state index in [1.807, 2.05) is 60.3 Å². The number of aryl methyl sites for hydroxylation is 1. The number of hydrogen-bond acceptors (Lipinski definition) is 6. The minimum atomic E-state index is -1.33. The van der Waals surface area contributed by atoms with E-state index in [2.05, 4.69) is 9.97 Å². The van der Waals surface area contributed by atoms with Gasteiger partial charge in [0.25, 0.3) is 0 Å². The predicted octanol–water partition coefficient (Wildman–Crippen LogP) is 4.44. The quantitative estimate of drug-likeness (QED) is 0.386. The van der Waals surface area contributed by atoms with Crippen LogP contribution in [0.3, 0.4) is 0 Å². The van der Waals surface area contributed by atoms with Crippen LogP contribution in [0.5, 0.6) is 5.75 Å². The first-order chi connectivity index (χ1) is 15.5. The van der Waals surface area contributed by atoms with Crippen molar-refractivity contribution >= 4 is 23.6 Å². The number of pyridine rings is 1. The third-order valence-electron chi connectivity index (χ3n) is 5.26. The summed E-state index contributed by atoms with van der Waals surface area (Å²) in [5.41, 5.74) is -0.129. The number of benzene rings is 1.